The van der Waals surface area contributed by atoms with Crippen molar-refractivity contribution in [2.75, 3.05) is 6.54 Å². The van der Waals surface area contributed by atoms with Crippen molar-refractivity contribution in [2.45, 2.75) is 19.1 Å². The van der Waals surface area contributed by atoms with Crippen LogP contribution in [-0.2, 0) is 4.79 Å². The number of benzene rings is 1. The number of amides is 1. The number of aromatic nitrogens is 2. The third-order valence-electron chi connectivity index (χ3n) is 3.14. The van der Waals surface area contributed by atoms with Crippen molar-refractivity contribution in [2.24, 2.45) is 5.73 Å². The number of primary amides is 1. The van der Waals surface area contributed by atoms with Gasteiger partial charge in [-0.15, -0.1) is 0 Å². The first-order valence-electron chi connectivity index (χ1n) is 6.37. The second kappa shape index (κ2) is 6.31. The Morgan fingerprint density at radius 3 is 2.70 bits per heavy atom. The topological polar surface area (TPSA) is 93.2 Å². The number of aliphatic hydroxyl groups is 1. The third kappa shape index (κ3) is 3.43. The predicted octanol–water partition coefficient (Wildman–Crippen LogP) is 0.369. The highest BCUT2D eigenvalue weighted by molar-refractivity contribution is 5.78. The first-order chi connectivity index (χ1) is 9.58. The summed E-state index contributed by atoms with van der Waals surface area (Å²) in [6, 6.07) is 7.97. The second-order valence-corrected chi connectivity index (χ2v) is 4.61. The summed E-state index contributed by atoms with van der Waals surface area (Å²) in [5.74, 6) is -0.722. The van der Waals surface area contributed by atoms with Gasteiger partial charge < -0.3 is 20.7 Å². The zero-order valence-electron chi connectivity index (χ0n) is 11.2. The lowest BCUT2D eigenvalue weighted by Crippen LogP contribution is -2.38. The molecule has 1 heterocycles. The van der Waals surface area contributed by atoms with Gasteiger partial charge in [-0.1, -0.05) is 12.1 Å². The van der Waals surface area contributed by atoms with Crippen LogP contribution in [0.15, 0.2) is 43.0 Å². The summed E-state index contributed by atoms with van der Waals surface area (Å²) >= 11 is 0. The molecule has 0 aliphatic carbocycles. The molecule has 6 nitrogen and oxygen atoms in total. The average Bonchev–Trinajstić information content (AvgIpc) is 2.98. The Labute approximate surface area is 117 Å². The van der Waals surface area contributed by atoms with Gasteiger partial charge in [-0.2, -0.15) is 0 Å². The fourth-order valence-corrected chi connectivity index (χ4v) is 1.85. The molecule has 0 fully saturated rings. The molecule has 2 aromatic rings. The van der Waals surface area contributed by atoms with Gasteiger partial charge in [0.25, 0.3) is 0 Å². The van der Waals surface area contributed by atoms with E-state index in [0.717, 1.165) is 11.3 Å². The van der Waals surface area contributed by atoms with E-state index in [9.17, 15) is 9.90 Å². The van der Waals surface area contributed by atoms with Gasteiger partial charge in [-0.3, -0.25) is 4.79 Å². The SMILES string of the molecule is CC(NCC(O)C(N)=O)c1ccc(-n2ccnc2)cc1. The van der Waals surface area contributed by atoms with Crippen LogP contribution in [0.3, 0.4) is 0 Å². The number of imidazole rings is 1. The van der Waals surface area contributed by atoms with Crippen molar-refractivity contribution in [3.8, 4) is 5.69 Å². The van der Waals surface area contributed by atoms with Crippen LogP contribution in [0.25, 0.3) is 5.69 Å². The van der Waals surface area contributed by atoms with E-state index in [4.69, 9.17) is 5.73 Å². The van der Waals surface area contributed by atoms with E-state index in [0.29, 0.717) is 0 Å². The highest BCUT2D eigenvalue weighted by Gasteiger charge is 2.12. The van der Waals surface area contributed by atoms with Crippen LogP contribution >= 0.6 is 0 Å². The minimum atomic E-state index is -1.16. The number of hydrogen-bond donors (Lipinski definition) is 3. The van der Waals surface area contributed by atoms with Crippen molar-refractivity contribution in [3.63, 3.8) is 0 Å². The molecule has 0 spiro atoms. The number of aliphatic hydroxyl groups excluding tert-OH is 1. The Morgan fingerprint density at radius 1 is 1.45 bits per heavy atom. The van der Waals surface area contributed by atoms with E-state index in [2.05, 4.69) is 10.3 Å². The summed E-state index contributed by atoms with van der Waals surface area (Å²) in [7, 11) is 0. The second-order valence-electron chi connectivity index (χ2n) is 4.61. The van der Waals surface area contributed by atoms with Crippen LogP contribution in [0.2, 0.25) is 0 Å². The number of nitrogens with two attached hydrogens (primary N) is 1. The molecule has 1 aromatic heterocycles. The molecule has 0 radical (unpaired) electrons. The lowest BCUT2D eigenvalue weighted by Gasteiger charge is -2.16. The number of nitrogens with zero attached hydrogens (tertiary/aromatic N) is 2. The Hall–Kier alpha value is -2.18. The van der Waals surface area contributed by atoms with E-state index in [1.807, 2.05) is 42.0 Å². The summed E-state index contributed by atoms with van der Waals surface area (Å²) in [6.45, 7) is 2.10. The average molecular weight is 274 g/mol. The van der Waals surface area contributed by atoms with Crippen LogP contribution in [0.4, 0.5) is 0 Å². The van der Waals surface area contributed by atoms with Crippen LogP contribution < -0.4 is 11.1 Å². The molecule has 2 unspecified atom stereocenters. The third-order valence-corrected chi connectivity index (χ3v) is 3.14. The van der Waals surface area contributed by atoms with Crippen molar-refractivity contribution in [1.82, 2.24) is 14.9 Å². The maximum Gasteiger partial charge on any atom is 0.247 e. The maximum atomic E-state index is 10.7. The van der Waals surface area contributed by atoms with Gasteiger partial charge in [-0.05, 0) is 24.6 Å². The summed E-state index contributed by atoms with van der Waals surface area (Å²) in [4.78, 5) is 14.7. The summed E-state index contributed by atoms with van der Waals surface area (Å²) in [5, 5.41) is 12.4. The molecule has 6 heteroatoms. The minimum Gasteiger partial charge on any atom is -0.382 e. The van der Waals surface area contributed by atoms with Crippen molar-refractivity contribution in [1.29, 1.82) is 0 Å². The molecule has 106 valence electrons. The summed E-state index contributed by atoms with van der Waals surface area (Å²) < 4.78 is 1.92. The molecule has 0 bridgehead atoms. The number of carbonyl (C=O) groups excluding carboxylic acids is 1. The Kier molecular flexibility index (Phi) is 4.49. The standard InChI is InChI=1S/C14H18N4O2/c1-10(17-8-13(19)14(15)20)11-2-4-12(5-3-11)18-7-6-16-9-18/h2-7,9-10,13,17,19H,8H2,1H3,(H2,15,20). The number of rotatable bonds is 6. The monoisotopic (exact) mass is 274 g/mol. The minimum absolute atomic E-state index is 0.0147. The first kappa shape index (κ1) is 14.2. The van der Waals surface area contributed by atoms with Gasteiger partial charge in [0.15, 0.2) is 0 Å². The van der Waals surface area contributed by atoms with Crippen molar-refractivity contribution in [3.05, 3.63) is 48.5 Å². The largest absolute Gasteiger partial charge is 0.382 e. The predicted molar refractivity (Wildman–Crippen MR) is 75.2 cm³/mol. The molecule has 0 saturated carbocycles. The normalized spacial score (nSPS) is 13.9. The number of hydrogen-bond acceptors (Lipinski definition) is 4. The molecule has 2 rings (SSSR count). The lowest BCUT2D eigenvalue weighted by atomic mass is 10.1. The van der Waals surface area contributed by atoms with E-state index in [1.165, 1.54) is 0 Å². The van der Waals surface area contributed by atoms with Gasteiger partial charge in [0.1, 0.15) is 6.10 Å². The first-order valence-corrected chi connectivity index (χ1v) is 6.37. The lowest BCUT2D eigenvalue weighted by molar-refractivity contribution is -0.125. The van der Waals surface area contributed by atoms with Gasteiger partial charge in [0.2, 0.25) is 5.91 Å². The van der Waals surface area contributed by atoms with Gasteiger partial charge in [0.05, 0.1) is 6.33 Å². The fraction of sp³-hybridized carbons (Fsp3) is 0.286. The highest BCUT2D eigenvalue weighted by Crippen LogP contribution is 2.15. The van der Waals surface area contributed by atoms with E-state index in [-0.39, 0.29) is 12.6 Å². The molecule has 20 heavy (non-hydrogen) atoms. The van der Waals surface area contributed by atoms with Gasteiger partial charge >= 0.3 is 0 Å². The molecule has 1 aromatic carbocycles. The molecular formula is C14H18N4O2. The van der Waals surface area contributed by atoms with Crippen LogP contribution in [0.1, 0.15) is 18.5 Å². The zero-order valence-corrected chi connectivity index (χ0v) is 11.2. The molecule has 0 aliphatic rings. The molecule has 2 atom stereocenters. The molecule has 0 saturated heterocycles. The molecular weight excluding hydrogens is 256 g/mol. The molecule has 4 N–H and O–H groups in total. The van der Waals surface area contributed by atoms with Crippen molar-refractivity contribution >= 4 is 5.91 Å². The smallest absolute Gasteiger partial charge is 0.247 e. The zero-order chi connectivity index (χ0) is 14.5. The van der Waals surface area contributed by atoms with Crippen LogP contribution in [0.5, 0.6) is 0 Å². The van der Waals surface area contributed by atoms with E-state index < -0.39 is 12.0 Å². The number of nitrogens with one attached hydrogen (secondary N) is 1. The van der Waals surface area contributed by atoms with Crippen LogP contribution in [0, 0.1) is 0 Å². The maximum absolute atomic E-state index is 10.7. The molecule has 1 amide bonds. The fourth-order valence-electron chi connectivity index (χ4n) is 1.85. The molecule has 0 aliphatic heterocycles. The van der Waals surface area contributed by atoms with Gasteiger partial charge in [-0.25, -0.2) is 4.98 Å². The van der Waals surface area contributed by atoms with Crippen LogP contribution in [-0.4, -0.2) is 33.2 Å². The Morgan fingerprint density at radius 2 is 2.15 bits per heavy atom. The van der Waals surface area contributed by atoms with E-state index in [1.54, 1.807) is 12.5 Å². The Balaban J connectivity index is 1.97. The number of carbonyl (C=O) groups is 1. The van der Waals surface area contributed by atoms with Gasteiger partial charge in [0, 0.05) is 30.7 Å². The van der Waals surface area contributed by atoms with Crippen molar-refractivity contribution < 1.29 is 9.90 Å². The summed E-state index contributed by atoms with van der Waals surface area (Å²) in [6.07, 6.45) is 4.17. The van der Waals surface area contributed by atoms with E-state index >= 15 is 0 Å². The summed E-state index contributed by atoms with van der Waals surface area (Å²) in [5.41, 5.74) is 7.08. The Bertz CT molecular complexity index is 551. The quantitative estimate of drug-likeness (QED) is 0.709. The highest BCUT2D eigenvalue weighted by atomic mass is 16.3.